The Hall–Kier alpha value is -3.81. The number of para-hydroxylation sites is 1. The molecule has 0 N–H and O–H groups in total. The number of Topliss-reactive ketones (excluding diaryl/α,β-unsaturated/α-hetero) is 1. The first-order chi connectivity index (χ1) is 15.5. The summed E-state index contributed by atoms with van der Waals surface area (Å²) in [6.07, 6.45) is 0.771. The van der Waals surface area contributed by atoms with Crippen molar-refractivity contribution in [1.29, 1.82) is 0 Å². The van der Waals surface area contributed by atoms with Crippen LogP contribution in [0.4, 0.5) is 0 Å². The number of esters is 1. The molecule has 0 radical (unpaired) electrons. The van der Waals surface area contributed by atoms with E-state index >= 15 is 0 Å². The third kappa shape index (κ3) is 4.74. The fraction of sp³-hybridized carbons (Fsp3) is 0.292. The Morgan fingerprint density at radius 1 is 1.03 bits per heavy atom. The Morgan fingerprint density at radius 3 is 2.59 bits per heavy atom. The summed E-state index contributed by atoms with van der Waals surface area (Å²) in [5.74, 6) is 1.12. The quantitative estimate of drug-likeness (QED) is 0.403. The average molecular weight is 437 g/mol. The first-order valence-electron chi connectivity index (χ1n) is 10.3. The normalized spacial score (nSPS) is 12.7. The highest BCUT2D eigenvalue weighted by molar-refractivity contribution is 6.00. The van der Waals surface area contributed by atoms with Gasteiger partial charge in [-0.2, -0.15) is 0 Å². The Balaban J connectivity index is 1.40. The zero-order valence-corrected chi connectivity index (χ0v) is 17.9. The number of fused-ring (bicyclic) bond motifs is 1. The van der Waals surface area contributed by atoms with Crippen molar-refractivity contribution in [3.8, 4) is 17.2 Å². The number of ketones is 1. The molecule has 0 amide bonds. The zero-order valence-electron chi connectivity index (χ0n) is 17.9. The number of rotatable bonds is 7. The van der Waals surface area contributed by atoms with E-state index in [0.29, 0.717) is 41.8 Å². The van der Waals surface area contributed by atoms with E-state index in [4.69, 9.17) is 23.5 Å². The molecule has 32 heavy (non-hydrogen) atoms. The topological polar surface area (TPSA) is 97.1 Å². The van der Waals surface area contributed by atoms with Gasteiger partial charge in [-0.15, -0.1) is 0 Å². The van der Waals surface area contributed by atoms with Crippen molar-refractivity contribution < 1.29 is 33.1 Å². The molecule has 2 heterocycles. The van der Waals surface area contributed by atoms with Crippen molar-refractivity contribution in [2.24, 2.45) is 0 Å². The molecule has 0 unspecified atom stereocenters. The fourth-order valence-corrected chi connectivity index (χ4v) is 3.25. The highest BCUT2D eigenvalue weighted by Crippen LogP contribution is 2.30. The van der Waals surface area contributed by atoms with Crippen LogP contribution in [0.2, 0.25) is 0 Å². The van der Waals surface area contributed by atoms with Crippen molar-refractivity contribution >= 4 is 11.8 Å². The minimum atomic E-state index is -0.651. The van der Waals surface area contributed by atoms with Gasteiger partial charge in [-0.05, 0) is 44.2 Å². The molecule has 1 aromatic heterocycles. The summed E-state index contributed by atoms with van der Waals surface area (Å²) in [5.41, 5.74) is 2.15. The van der Waals surface area contributed by atoms with Crippen LogP contribution in [0, 0.1) is 13.8 Å². The van der Waals surface area contributed by atoms with Gasteiger partial charge in [0.05, 0.1) is 24.5 Å². The molecular formula is C24H23NO7. The SMILES string of the molecule is Cc1noc(C)c1COc1ccccc1C(=O)OCC(=O)c1ccc2c(c1)OCCCO2. The summed E-state index contributed by atoms with van der Waals surface area (Å²) in [7, 11) is 0. The van der Waals surface area contributed by atoms with Crippen molar-refractivity contribution in [3.63, 3.8) is 0 Å². The van der Waals surface area contributed by atoms with Gasteiger partial charge in [-0.3, -0.25) is 4.79 Å². The molecule has 2 aromatic carbocycles. The zero-order chi connectivity index (χ0) is 22.5. The third-order valence-corrected chi connectivity index (χ3v) is 5.06. The predicted molar refractivity (Wildman–Crippen MR) is 113 cm³/mol. The van der Waals surface area contributed by atoms with E-state index in [1.54, 1.807) is 49.4 Å². The molecule has 0 bridgehead atoms. The van der Waals surface area contributed by atoms with Gasteiger partial charge in [0.25, 0.3) is 0 Å². The summed E-state index contributed by atoms with van der Waals surface area (Å²) >= 11 is 0. The van der Waals surface area contributed by atoms with E-state index in [1.807, 2.05) is 6.92 Å². The summed E-state index contributed by atoms with van der Waals surface area (Å²) in [6, 6.07) is 11.6. The Labute approximate surface area is 185 Å². The number of hydrogen-bond acceptors (Lipinski definition) is 8. The Morgan fingerprint density at radius 2 is 1.81 bits per heavy atom. The van der Waals surface area contributed by atoms with E-state index in [9.17, 15) is 9.59 Å². The number of aromatic nitrogens is 1. The molecule has 4 rings (SSSR count). The molecule has 0 atom stereocenters. The second-order valence-electron chi connectivity index (χ2n) is 7.30. The van der Waals surface area contributed by atoms with Gasteiger partial charge < -0.3 is 23.5 Å². The third-order valence-electron chi connectivity index (χ3n) is 5.06. The lowest BCUT2D eigenvalue weighted by Crippen LogP contribution is -2.15. The molecule has 1 aliphatic rings. The number of carbonyl (C=O) groups is 2. The van der Waals surface area contributed by atoms with Gasteiger partial charge in [0.2, 0.25) is 0 Å². The van der Waals surface area contributed by atoms with Gasteiger partial charge in [0, 0.05) is 12.0 Å². The van der Waals surface area contributed by atoms with Crippen LogP contribution in [-0.4, -0.2) is 36.7 Å². The molecule has 0 spiro atoms. The molecule has 1 aliphatic heterocycles. The maximum absolute atomic E-state index is 12.6. The summed E-state index contributed by atoms with van der Waals surface area (Å²) in [6.45, 7) is 4.49. The molecule has 8 nitrogen and oxygen atoms in total. The van der Waals surface area contributed by atoms with Gasteiger partial charge in [-0.25, -0.2) is 4.79 Å². The monoisotopic (exact) mass is 437 g/mol. The first-order valence-corrected chi connectivity index (χ1v) is 10.3. The molecule has 8 heteroatoms. The van der Waals surface area contributed by atoms with Crippen molar-refractivity contribution in [3.05, 3.63) is 70.6 Å². The van der Waals surface area contributed by atoms with Crippen molar-refractivity contribution in [1.82, 2.24) is 5.16 Å². The Bertz CT molecular complexity index is 1120. The number of benzene rings is 2. The van der Waals surface area contributed by atoms with E-state index < -0.39 is 12.6 Å². The Kier molecular flexibility index (Phi) is 6.39. The predicted octanol–water partition coefficient (Wildman–Crippen LogP) is 4.07. The van der Waals surface area contributed by atoms with Crippen LogP contribution in [0.1, 0.15) is 44.2 Å². The maximum Gasteiger partial charge on any atom is 0.342 e. The van der Waals surface area contributed by atoms with Crippen LogP contribution in [0.3, 0.4) is 0 Å². The van der Waals surface area contributed by atoms with E-state index in [1.165, 1.54) is 0 Å². The summed E-state index contributed by atoms with van der Waals surface area (Å²) in [4.78, 5) is 25.2. The molecule has 166 valence electrons. The molecule has 0 fully saturated rings. The van der Waals surface area contributed by atoms with E-state index in [0.717, 1.165) is 17.7 Å². The lowest BCUT2D eigenvalue weighted by molar-refractivity contribution is 0.0470. The van der Waals surface area contributed by atoms with Crippen LogP contribution in [-0.2, 0) is 11.3 Å². The van der Waals surface area contributed by atoms with Gasteiger partial charge in [-0.1, -0.05) is 17.3 Å². The van der Waals surface area contributed by atoms with E-state index in [2.05, 4.69) is 5.16 Å². The van der Waals surface area contributed by atoms with Gasteiger partial charge >= 0.3 is 5.97 Å². The lowest BCUT2D eigenvalue weighted by atomic mass is 10.1. The van der Waals surface area contributed by atoms with Crippen LogP contribution < -0.4 is 14.2 Å². The number of carbonyl (C=O) groups excluding carboxylic acids is 2. The molecule has 0 saturated carbocycles. The van der Waals surface area contributed by atoms with Crippen molar-refractivity contribution in [2.75, 3.05) is 19.8 Å². The standard InChI is InChI=1S/C24H23NO7/c1-15-19(16(2)32-25-15)13-30-21-7-4-3-6-18(21)24(27)31-14-20(26)17-8-9-22-23(12-17)29-11-5-10-28-22/h3-4,6-9,12H,5,10-11,13-14H2,1-2H3. The highest BCUT2D eigenvalue weighted by atomic mass is 16.5. The lowest BCUT2D eigenvalue weighted by Gasteiger charge is -2.12. The van der Waals surface area contributed by atoms with Crippen LogP contribution in [0.25, 0.3) is 0 Å². The number of ether oxygens (including phenoxy) is 4. The van der Waals surface area contributed by atoms with E-state index in [-0.39, 0.29) is 18.0 Å². The number of hydrogen-bond donors (Lipinski definition) is 0. The smallest absolute Gasteiger partial charge is 0.342 e. The summed E-state index contributed by atoms with van der Waals surface area (Å²) in [5, 5.41) is 3.89. The minimum Gasteiger partial charge on any atom is -0.490 e. The van der Waals surface area contributed by atoms with Gasteiger partial charge in [0.15, 0.2) is 23.9 Å². The minimum absolute atomic E-state index is 0.196. The maximum atomic E-state index is 12.6. The van der Waals surface area contributed by atoms with Crippen LogP contribution >= 0.6 is 0 Å². The second-order valence-corrected chi connectivity index (χ2v) is 7.30. The number of aryl methyl sites for hydroxylation is 2. The molecule has 0 saturated heterocycles. The molecular weight excluding hydrogens is 414 g/mol. The largest absolute Gasteiger partial charge is 0.490 e. The first kappa shape index (κ1) is 21.4. The fourth-order valence-electron chi connectivity index (χ4n) is 3.25. The molecule has 0 aliphatic carbocycles. The highest BCUT2D eigenvalue weighted by Gasteiger charge is 2.19. The van der Waals surface area contributed by atoms with Crippen molar-refractivity contribution in [2.45, 2.75) is 26.9 Å². The van der Waals surface area contributed by atoms with Crippen LogP contribution in [0.5, 0.6) is 17.2 Å². The molecule has 3 aromatic rings. The summed E-state index contributed by atoms with van der Waals surface area (Å²) < 4.78 is 27.4. The van der Waals surface area contributed by atoms with Crippen LogP contribution in [0.15, 0.2) is 47.0 Å². The average Bonchev–Trinajstić information content (AvgIpc) is 2.99. The second kappa shape index (κ2) is 9.55. The number of nitrogens with zero attached hydrogens (tertiary/aromatic N) is 1. The van der Waals surface area contributed by atoms with Gasteiger partial charge in [0.1, 0.15) is 23.7 Å².